The molecule has 0 radical (unpaired) electrons. The van der Waals surface area contributed by atoms with Crippen LogP contribution in [0.25, 0.3) is 16.6 Å². The number of para-hydroxylation sites is 1. The molecule has 0 amide bonds. The van der Waals surface area contributed by atoms with Gasteiger partial charge in [-0.15, -0.1) is 0 Å². The van der Waals surface area contributed by atoms with Gasteiger partial charge in [0.2, 0.25) is 0 Å². The van der Waals surface area contributed by atoms with E-state index in [9.17, 15) is 9.18 Å². The van der Waals surface area contributed by atoms with Crippen molar-refractivity contribution in [2.24, 2.45) is 0 Å². The predicted molar refractivity (Wildman–Crippen MR) is 93.2 cm³/mol. The zero-order chi connectivity index (χ0) is 17.3. The number of hydrogen-bond acceptors (Lipinski definition) is 4. The van der Waals surface area contributed by atoms with Crippen molar-refractivity contribution < 1.29 is 4.39 Å². The third-order valence-electron chi connectivity index (χ3n) is 3.37. The van der Waals surface area contributed by atoms with Crippen LogP contribution in [0.15, 0.2) is 52.4 Å². The highest BCUT2D eigenvalue weighted by Gasteiger charge is 2.16. The summed E-state index contributed by atoms with van der Waals surface area (Å²) in [5, 5.41) is 9.37. The number of nitriles is 1. The Hall–Kier alpha value is -2.36. The Bertz CT molecular complexity index is 1030. The minimum atomic E-state index is -0.568. The third-order valence-corrected chi connectivity index (χ3v) is 4.60. The van der Waals surface area contributed by atoms with Crippen LogP contribution in [-0.4, -0.2) is 14.8 Å². The molecule has 0 saturated heterocycles. The molecule has 0 N–H and O–H groups in total. The number of aromatic nitrogens is 2. The summed E-state index contributed by atoms with van der Waals surface area (Å²) in [6.45, 7) is 1.72. The lowest BCUT2D eigenvalue weighted by Gasteiger charge is -2.14. The monoisotopic (exact) mass is 359 g/mol. The van der Waals surface area contributed by atoms with Crippen molar-refractivity contribution in [2.75, 3.05) is 0 Å². The molecular formula is C17H11ClFN3OS. The Morgan fingerprint density at radius 1 is 1.33 bits per heavy atom. The van der Waals surface area contributed by atoms with Crippen LogP contribution in [0, 0.1) is 17.1 Å². The Labute approximate surface area is 146 Å². The van der Waals surface area contributed by atoms with Gasteiger partial charge in [-0.1, -0.05) is 35.5 Å². The van der Waals surface area contributed by atoms with Gasteiger partial charge in [-0.2, -0.15) is 5.26 Å². The van der Waals surface area contributed by atoms with Crippen LogP contribution in [-0.2, 0) is 0 Å². The number of nitrogens with zero attached hydrogens (tertiary/aromatic N) is 3. The Morgan fingerprint density at radius 2 is 2.08 bits per heavy atom. The van der Waals surface area contributed by atoms with Gasteiger partial charge in [-0.3, -0.25) is 9.36 Å². The van der Waals surface area contributed by atoms with Gasteiger partial charge in [0.05, 0.1) is 32.9 Å². The molecule has 1 atom stereocenters. The van der Waals surface area contributed by atoms with Gasteiger partial charge in [0.25, 0.3) is 5.56 Å². The van der Waals surface area contributed by atoms with E-state index in [0.717, 1.165) is 11.8 Å². The normalized spacial score (nSPS) is 12.1. The standard InChI is InChI=1S/C17H11ClFN3OS/c1-10(9-20)24-17-21-15-5-3-2-4-12(15)16(23)22(17)11-6-7-14(19)13(18)8-11/h2-8,10H,1H3. The third kappa shape index (κ3) is 3.01. The molecule has 1 unspecified atom stereocenters. The largest absolute Gasteiger partial charge is 0.268 e. The van der Waals surface area contributed by atoms with Crippen LogP contribution in [0.4, 0.5) is 4.39 Å². The van der Waals surface area contributed by atoms with Gasteiger partial charge >= 0.3 is 0 Å². The second-order valence-corrected chi connectivity index (χ2v) is 6.75. The summed E-state index contributed by atoms with van der Waals surface area (Å²) < 4.78 is 14.8. The molecule has 0 aliphatic rings. The lowest BCUT2D eigenvalue weighted by molar-refractivity contribution is 0.627. The van der Waals surface area contributed by atoms with Crippen molar-refractivity contribution in [2.45, 2.75) is 17.3 Å². The van der Waals surface area contributed by atoms with Crippen LogP contribution in [0.3, 0.4) is 0 Å². The second kappa shape index (κ2) is 6.63. The summed E-state index contributed by atoms with van der Waals surface area (Å²) in [6, 6.07) is 13.1. The minimum Gasteiger partial charge on any atom is -0.268 e. The Morgan fingerprint density at radius 3 is 2.79 bits per heavy atom. The number of rotatable bonds is 3. The first-order valence-electron chi connectivity index (χ1n) is 7.04. The van der Waals surface area contributed by atoms with E-state index in [1.54, 1.807) is 31.2 Å². The highest BCUT2D eigenvalue weighted by atomic mass is 35.5. The molecule has 120 valence electrons. The van der Waals surface area contributed by atoms with E-state index in [-0.39, 0.29) is 10.6 Å². The maximum Gasteiger partial charge on any atom is 0.266 e. The van der Waals surface area contributed by atoms with Gasteiger partial charge in [0.1, 0.15) is 5.82 Å². The molecule has 0 spiro atoms. The van der Waals surface area contributed by atoms with Crippen molar-refractivity contribution in [1.82, 2.24) is 9.55 Å². The van der Waals surface area contributed by atoms with Crippen molar-refractivity contribution in [3.63, 3.8) is 0 Å². The fraction of sp³-hybridized carbons (Fsp3) is 0.118. The molecule has 0 aliphatic heterocycles. The SMILES string of the molecule is CC(C#N)Sc1nc2ccccc2c(=O)n1-c1ccc(F)c(Cl)c1. The fourth-order valence-electron chi connectivity index (χ4n) is 2.23. The average Bonchev–Trinajstić information content (AvgIpc) is 2.58. The highest BCUT2D eigenvalue weighted by molar-refractivity contribution is 8.00. The van der Waals surface area contributed by atoms with Crippen LogP contribution < -0.4 is 5.56 Å². The molecule has 2 aromatic carbocycles. The molecule has 1 aromatic heterocycles. The maximum absolute atomic E-state index is 13.5. The molecule has 24 heavy (non-hydrogen) atoms. The van der Waals surface area contributed by atoms with E-state index in [1.165, 1.54) is 22.8 Å². The molecule has 3 aromatic rings. The van der Waals surface area contributed by atoms with Crippen LogP contribution >= 0.6 is 23.4 Å². The van der Waals surface area contributed by atoms with Gasteiger partial charge in [-0.25, -0.2) is 9.37 Å². The predicted octanol–water partition coefficient (Wildman–Crippen LogP) is 4.18. The fourth-order valence-corrected chi connectivity index (χ4v) is 3.22. The van der Waals surface area contributed by atoms with Crippen LogP contribution in [0.2, 0.25) is 5.02 Å². The van der Waals surface area contributed by atoms with E-state index >= 15 is 0 Å². The smallest absolute Gasteiger partial charge is 0.266 e. The van der Waals surface area contributed by atoms with E-state index < -0.39 is 11.1 Å². The van der Waals surface area contributed by atoms with Crippen molar-refractivity contribution >= 4 is 34.3 Å². The number of halogens is 2. The summed E-state index contributed by atoms with van der Waals surface area (Å²) >= 11 is 7.01. The van der Waals surface area contributed by atoms with E-state index in [4.69, 9.17) is 16.9 Å². The zero-order valence-electron chi connectivity index (χ0n) is 12.5. The van der Waals surface area contributed by atoms with Gasteiger partial charge in [-0.05, 0) is 37.3 Å². The molecule has 0 aliphatic carbocycles. The molecule has 1 heterocycles. The van der Waals surface area contributed by atoms with Gasteiger partial charge in [0.15, 0.2) is 5.16 Å². The molecule has 0 fully saturated rings. The number of fused-ring (bicyclic) bond motifs is 1. The zero-order valence-corrected chi connectivity index (χ0v) is 14.1. The van der Waals surface area contributed by atoms with E-state index in [2.05, 4.69) is 11.1 Å². The van der Waals surface area contributed by atoms with Crippen LogP contribution in [0.5, 0.6) is 0 Å². The lowest BCUT2D eigenvalue weighted by Crippen LogP contribution is -2.22. The number of benzene rings is 2. The molecular weight excluding hydrogens is 349 g/mol. The van der Waals surface area contributed by atoms with E-state index in [1.807, 2.05) is 0 Å². The molecule has 0 bridgehead atoms. The molecule has 7 heteroatoms. The number of thioether (sulfide) groups is 1. The topological polar surface area (TPSA) is 58.7 Å². The number of hydrogen-bond donors (Lipinski definition) is 0. The van der Waals surface area contributed by atoms with Crippen molar-refractivity contribution in [3.05, 3.63) is 63.7 Å². The first kappa shape index (κ1) is 16.5. The van der Waals surface area contributed by atoms with Crippen molar-refractivity contribution in [3.8, 4) is 11.8 Å². The minimum absolute atomic E-state index is 0.0863. The summed E-state index contributed by atoms with van der Waals surface area (Å²) in [5.41, 5.74) is 0.646. The Balaban J connectivity index is 2.32. The highest BCUT2D eigenvalue weighted by Crippen LogP contribution is 2.26. The maximum atomic E-state index is 13.5. The summed E-state index contributed by atoms with van der Waals surface area (Å²) in [5.74, 6) is -0.568. The second-order valence-electron chi connectivity index (χ2n) is 5.04. The van der Waals surface area contributed by atoms with E-state index in [0.29, 0.717) is 21.7 Å². The van der Waals surface area contributed by atoms with Crippen molar-refractivity contribution in [1.29, 1.82) is 5.26 Å². The average molecular weight is 360 g/mol. The summed E-state index contributed by atoms with van der Waals surface area (Å²) in [7, 11) is 0. The van der Waals surface area contributed by atoms with Gasteiger partial charge < -0.3 is 0 Å². The van der Waals surface area contributed by atoms with Crippen LogP contribution in [0.1, 0.15) is 6.92 Å². The van der Waals surface area contributed by atoms with Gasteiger partial charge in [0, 0.05) is 0 Å². The first-order chi connectivity index (χ1) is 11.5. The summed E-state index contributed by atoms with van der Waals surface area (Å²) in [4.78, 5) is 17.4. The molecule has 3 rings (SSSR count). The lowest BCUT2D eigenvalue weighted by atomic mass is 10.2. The molecule has 0 saturated carbocycles. The molecule has 4 nitrogen and oxygen atoms in total. The Kier molecular flexibility index (Phi) is 4.56. The quantitative estimate of drug-likeness (QED) is 0.520. The summed E-state index contributed by atoms with van der Waals surface area (Å²) in [6.07, 6.45) is 0. The first-order valence-corrected chi connectivity index (χ1v) is 8.30.